The van der Waals surface area contributed by atoms with Crippen molar-refractivity contribution in [3.05, 3.63) is 109 Å². The average Bonchev–Trinajstić information content (AvgIpc) is 3.38. The second-order valence-corrected chi connectivity index (χ2v) is 11.0. The number of aromatic nitrogens is 1. The molecular weight excluding hydrogens is 592 g/mol. The van der Waals surface area contributed by atoms with Crippen LogP contribution in [0, 0.1) is 0 Å². The van der Waals surface area contributed by atoms with Crippen LogP contribution in [0.1, 0.15) is 49.9 Å². The van der Waals surface area contributed by atoms with Gasteiger partial charge < -0.3 is 23.7 Å². The Morgan fingerprint density at radius 2 is 1.60 bits per heavy atom. The fourth-order valence-electron chi connectivity index (χ4n) is 5.25. The topological polar surface area (TPSA) is 97.6 Å². The molecule has 5 rings (SSSR count). The molecule has 0 radical (unpaired) electrons. The summed E-state index contributed by atoms with van der Waals surface area (Å²) < 4.78 is 30.9. The van der Waals surface area contributed by atoms with Gasteiger partial charge in [0, 0.05) is 16.7 Å². The van der Waals surface area contributed by atoms with Crippen molar-refractivity contribution >= 4 is 29.1 Å². The van der Waals surface area contributed by atoms with Crippen LogP contribution in [0.25, 0.3) is 11.8 Å². The SMILES string of the molecule is CCCOc1c(OC)cccc1C1C(C(=O)OCC)=C(c2ccccc2)N=c2s/c(=C/c3cccc(OC)c3OCC)c(=O)n21. The minimum atomic E-state index is -0.920. The van der Waals surface area contributed by atoms with Gasteiger partial charge in [-0.1, -0.05) is 72.9 Å². The molecule has 1 unspecified atom stereocenters. The summed E-state index contributed by atoms with van der Waals surface area (Å²) in [6, 6.07) is 19.5. The fraction of sp³-hybridized carbons (Fsp3) is 0.286. The summed E-state index contributed by atoms with van der Waals surface area (Å²) in [5.41, 5.74) is 2.30. The Hall–Kier alpha value is -4.83. The van der Waals surface area contributed by atoms with Crippen molar-refractivity contribution in [2.24, 2.45) is 4.99 Å². The summed E-state index contributed by atoms with van der Waals surface area (Å²) in [5.74, 6) is 1.45. The van der Waals surface area contributed by atoms with Gasteiger partial charge in [-0.2, -0.15) is 0 Å². The Kier molecular flexibility index (Phi) is 10.0. The third kappa shape index (κ3) is 6.23. The Morgan fingerprint density at radius 1 is 0.889 bits per heavy atom. The Morgan fingerprint density at radius 3 is 2.27 bits per heavy atom. The number of nitrogens with zero attached hydrogens (tertiary/aromatic N) is 2. The molecule has 1 aliphatic rings. The van der Waals surface area contributed by atoms with E-state index >= 15 is 0 Å². The standard InChI is InChI=1S/C35H36N2O7S/c1-6-20-44-32-24(17-13-19-26(32)41-5)30-28(34(39)43-8-3)29(22-14-10-9-11-15-22)36-35-37(30)33(38)27(45-35)21-23-16-12-18-25(40-4)31(23)42-7-2/h9-19,21,30H,6-8,20H2,1-5H3/b27-21+. The maximum absolute atomic E-state index is 14.4. The predicted molar refractivity (Wildman–Crippen MR) is 174 cm³/mol. The normalized spacial score (nSPS) is 14.4. The summed E-state index contributed by atoms with van der Waals surface area (Å²) in [5, 5.41) is 0. The molecule has 45 heavy (non-hydrogen) atoms. The number of carbonyl (C=O) groups is 1. The van der Waals surface area contributed by atoms with Crippen LogP contribution < -0.4 is 33.8 Å². The van der Waals surface area contributed by atoms with Crippen LogP contribution in [-0.2, 0) is 9.53 Å². The van der Waals surface area contributed by atoms with Crippen molar-refractivity contribution in [3.63, 3.8) is 0 Å². The van der Waals surface area contributed by atoms with Gasteiger partial charge in [-0.25, -0.2) is 9.79 Å². The highest BCUT2D eigenvalue weighted by molar-refractivity contribution is 7.07. The maximum Gasteiger partial charge on any atom is 0.338 e. The number of esters is 1. The van der Waals surface area contributed by atoms with Gasteiger partial charge in [0.15, 0.2) is 27.8 Å². The first-order chi connectivity index (χ1) is 22.0. The summed E-state index contributed by atoms with van der Waals surface area (Å²) in [6.07, 6.45) is 2.52. The quantitative estimate of drug-likeness (QED) is 0.201. The lowest BCUT2D eigenvalue weighted by Crippen LogP contribution is -2.40. The van der Waals surface area contributed by atoms with Gasteiger partial charge in [0.25, 0.3) is 5.56 Å². The monoisotopic (exact) mass is 628 g/mol. The van der Waals surface area contributed by atoms with E-state index in [-0.39, 0.29) is 17.7 Å². The van der Waals surface area contributed by atoms with Crippen LogP contribution in [0.3, 0.4) is 0 Å². The molecule has 0 N–H and O–H groups in total. The number of ether oxygens (including phenoxy) is 5. The highest BCUT2D eigenvalue weighted by Gasteiger charge is 2.37. The first kappa shape index (κ1) is 31.6. The van der Waals surface area contributed by atoms with E-state index in [4.69, 9.17) is 28.7 Å². The predicted octanol–water partition coefficient (Wildman–Crippen LogP) is 5.14. The van der Waals surface area contributed by atoms with Crippen LogP contribution in [-0.4, -0.2) is 44.6 Å². The zero-order valence-electron chi connectivity index (χ0n) is 26.0. The van der Waals surface area contributed by atoms with Crippen molar-refractivity contribution in [1.82, 2.24) is 4.57 Å². The van der Waals surface area contributed by atoms with Crippen LogP contribution in [0.5, 0.6) is 23.0 Å². The van der Waals surface area contributed by atoms with E-state index in [1.807, 2.05) is 74.5 Å². The van der Waals surface area contributed by atoms with E-state index in [9.17, 15) is 9.59 Å². The molecule has 9 nitrogen and oxygen atoms in total. The van der Waals surface area contributed by atoms with Gasteiger partial charge in [-0.15, -0.1) is 0 Å². The number of methoxy groups -OCH3 is 2. The third-order valence-corrected chi connectivity index (χ3v) is 8.14. The Bertz CT molecular complexity index is 1890. The van der Waals surface area contributed by atoms with Crippen LogP contribution >= 0.6 is 11.3 Å². The third-order valence-electron chi connectivity index (χ3n) is 7.15. The number of benzene rings is 3. The molecule has 0 spiro atoms. The van der Waals surface area contributed by atoms with Crippen LogP contribution in [0.4, 0.5) is 0 Å². The molecule has 0 saturated carbocycles. The second kappa shape index (κ2) is 14.3. The van der Waals surface area contributed by atoms with E-state index in [1.165, 1.54) is 11.3 Å². The van der Waals surface area contributed by atoms with Crippen molar-refractivity contribution in [1.29, 1.82) is 0 Å². The van der Waals surface area contributed by atoms with Crippen LogP contribution in [0.15, 0.2) is 82.1 Å². The van der Waals surface area contributed by atoms with E-state index < -0.39 is 12.0 Å². The zero-order chi connectivity index (χ0) is 31.9. The molecule has 0 saturated heterocycles. The maximum atomic E-state index is 14.4. The summed E-state index contributed by atoms with van der Waals surface area (Å²) in [7, 11) is 3.13. The first-order valence-corrected chi connectivity index (χ1v) is 15.7. The molecule has 0 bridgehead atoms. The highest BCUT2D eigenvalue weighted by atomic mass is 32.1. The molecule has 10 heteroatoms. The minimum absolute atomic E-state index is 0.148. The largest absolute Gasteiger partial charge is 0.493 e. The van der Waals surface area contributed by atoms with Crippen molar-refractivity contribution < 1.29 is 28.5 Å². The second-order valence-electron chi connectivity index (χ2n) is 9.97. The summed E-state index contributed by atoms with van der Waals surface area (Å²) in [6.45, 7) is 6.62. The van der Waals surface area contributed by atoms with Gasteiger partial charge in [0.2, 0.25) is 0 Å². The smallest absolute Gasteiger partial charge is 0.338 e. The van der Waals surface area contributed by atoms with Gasteiger partial charge >= 0.3 is 5.97 Å². The molecule has 1 aromatic heterocycles. The Balaban J connectivity index is 1.87. The molecule has 2 heterocycles. The first-order valence-electron chi connectivity index (χ1n) is 14.8. The highest BCUT2D eigenvalue weighted by Crippen LogP contribution is 2.42. The van der Waals surface area contributed by atoms with E-state index in [1.54, 1.807) is 37.9 Å². The number of fused-ring (bicyclic) bond motifs is 1. The molecule has 0 fully saturated rings. The number of hydrogen-bond acceptors (Lipinski definition) is 9. The molecule has 0 aliphatic carbocycles. The summed E-state index contributed by atoms with van der Waals surface area (Å²) >= 11 is 1.23. The minimum Gasteiger partial charge on any atom is -0.493 e. The molecular formula is C35H36N2O7S. The van der Waals surface area contributed by atoms with Gasteiger partial charge in [0.1, 0.15) is 6.04 Å². The zero-order valence-corrected chi connectivity index (χ0v) is 26.8. The van der Waals surface area contributed by atoms with Gasteiger partial charge in [-0.3, -0.25) is 9.36 Å². The summed E-state index contributed by atoms with van der Waals surface area (Å²) in [4.78, 5) is 33.7. The number of thiazole rings is 1. The van der Waals surface area contributed by atoms with Crippen molar-refractivity contribution in [3.8, 4) is 23.0 Å². The molecule has 1 atom stereocenters. The number of rotatable bonds is 12. The lowest BCUT2D eigenvalue weighted by molar-refractivity contribution is -0.138. The molecule has 3 aromatic carbocycles. The number of carbonyl (C=O) groups excluding carboxylic acids is 1. The molecule has 1 aliphatic heterocycles. The molecule has 4 aromatic rings. The van der Waals surface area contributed by atoms with Gasteiger partial charge in [0.05, 0.1) is 49.8 Å². The fourth-order valence-corrected chi connectivity index (χ4v) is 6.24. The number of hydrogen-bond donors (Lipinski definition) is 0. The Labute approximate surface area is 265 Å². The lowest BCUT2D eigenvalue weighted by Gasteiger charge is -2.27. The van der Waals surface area contributed by atoms with E-state index in [0.29, 0.717) is 67.9 Å². The van der Waals surface area contributed by atoms with E-state index in [0.717, 1.165) is 6.42 Å². The average molecular weight is 629 g/mol. The van der Waals surface area contributed by atoms with Gasteiger partial charge in [-0.05, 0) is 38.5 Å². The lowest BCUT2D eigenvalue weighted by atomic mass is 9.92. The van der Waals surface area contributed by atoms with Crippen molar-refractivity contribution in [2.45, 2.75) is 33.2 Å². The van der Waals surface area contributed by atoms with E-state index in [2.05, 4.69) is 0 Å². The molecule has 234 valence electrons. The van der Waals surface area contributed by atoms with Crippen molar-refractivity contribution in [2.75, 3.05) is 34.0 Å². The number of para-hydroxylation sites is 2. The van der Waals surface area contributed by atoms with Crippen LogP contribution in [0.2, 0.25) is 0 Å². The molecule has 0 amide bonds.